The second-order valence-electron chi connectivity index (χ2n) is 5.80. The highest BCUT2D eigenvalue weighted by atomic mass is 16.5. The average Bonchev–Trinajstić information content (AvgIpc) is 2.69. The Labute approximate surface area is 155 Å². The normalized spacial score (nSPS) is 11.1. The van der Waals surface area contributed by atoms with Gasteiger partial charge in [-0.05, 0) is 59.7 Å². The summed E-state index contributed by atoms with van der Waals surface area (Å²) in [5, 5.41) is 12.7. The van der Waals surface area contributed by atoms with Gasteiger partial charge < -0.3 is 9.47 Å². The molecule has 2 rings (SSSR count). The third-order valence-electron chi connectivity index (χ3n) is 3.79. The van der Waals surface area contributed by atoms with Gasteiger partial charge in [-0.1, -0.05) is 0 Å². The monoisotopic (exact) mass is 354 g/mol. The molecule has 0 spiro atoms. The van der Waals surface area contributed by atoms with Crippen LogP contribution in [0.25, 0.3) is 0 Å². The summed E-state index contributed by atoms with van der Waals surface area (Å²) in [6, 6.07) is 15.6. The van der Waals surface area contributed by atoms with E-state index in [-0.39, 0.29) is 0 Å². The summed E-state index contributed by atoms with van der Waals surface area (Å²) in [5.41, 5.74) is 2.06. The van der Waals surface area contributed by atoms with Crippen LogP contribution in [0.4, 0.5) is 0 Å². The number of benzene rings is 2. The lowest BCUT2D eigenvalue weighted by atomic mass is 10.2. The van der Waals surface area contributed by atoms with Crippen LogP contribution in [-0.2, 0) is 0 Å². The van der Waals surface area contributed by atoms with Crippen molar-refractivity contribution >= 4 is 12.4 Å². The first kappa shape index (κ1) is 19.3. The minimum absolute atomic E-state index is 0.767. The molecule has 0 saturated carbocycles. The van der Waals surface area contributed by atoms with Gasteiger partial charge in [-0.3, -0.25) is 10.0 Å². The Morgan fingerprint density at radius 3 is 1.35 bits per heavy atom. The molecular weight excluding hydrogens is 328 g/mol. The molecule has 0 heterocycles. The summed E-state index contributed by atoms with van der Waals surface area (Å²) >= 11 is 0. The van der Waals surface area contributed by atoms with Crippen molar-refractivity contribution in [1.29, 1.82) is 0 Å². The number of nitrogens with zero attached hydrogens (tertiary/aromatic N) is 4. The predicted octanol–water partition coefficient (Wildman–Crippen LogP) is 2.94. The zero-order valence-corrected chi connectivity index (χ0v) is 15.8. The average molecular weight is 354 g/mol. The van der Waals surface area contributed by atoms with Crippen LogP contribution in [0.2, 0.25) is 0 Å². The van der Waals surface area contributed by atoms with Crippen molar-refractivity contribution in [1.82, 2.24) is 10.0 Å². The van der Waals surface area contributed by atoms with Gasteiger partial charge in [0.05, 0.1) is 39.7 Å². The highest BCUT2D eigenvalue weighted by molar-refractivity contribution is 5.80. The first-order valence-electron chi connectivity index (χ1n) is 8.39. The van der Waals surface area contributed by atoms with Gasteiger partial charge in [0, 0.05) is 14.1 Å². The maximum atomic E-state index is 5.15. The molecule has 0 aromatic heterocycles. The van der Waals surface area contributed by atoms with Crippen molar-refractivity contribution in [2.24, 2.45) is 10.2 Å². The highest BCUT2D eigenvalue weighted by Crippen LogP contribution is 2.10. The SMILES string of the molecule is COc1ccc(/C=N\N(C)CCN(C)/N=C\c2ccc(OC)cc2)cc1. The van der Waals surface area contributed by atoms with E-state index in [4.69, 9.17) is 9.47 Å². The van der Waals surface area contributed by atoms with Gasteiger partial charge in [0.1, 0.15) is 11.5 Å². The quantitative estimate of drug-likeness (QED) is 0.513. The van der Waals surface area contributed by atoms with E-state index in [2.05, 4.69) is 10.2 Å². The molecule has 6 nitrogen and oxygen atoms in total. The molecule has 0 amide bonds. The molecule has 0 aliphatic carbocycles. The number of hydrogen-bond acceptors (Lipinski definition) is 6. The van der Waals surface area contributed by atoms with Crippen LogP contribution in [0.1, 0.15) is 11.1 Å². The van der Waals surface area contributed by atoms with Crippen LogP contribution in [-0.4, -0.2) is 63.9 Å². The highest BCUT2D eigenvalue weighted by Gasteiger charge is 1.98. The van der Waals surface area contributed by atoms with E-state index in [1.807, 2.05) is 85.1 Å². The van der Waals surface area contributed by atoms with Crippen LogP contribution < -0.4 is 9.47 Å². The van der Waals surface area contributed by atoms with Gasteiger partial charge in [-0.15, -0.1) is 0 Å². The minimum Gasteiger partial charge on any atom is -0.497 e. The number of rotatable bonds is 9. The molecule has 0 atom stereocenters. The zero-order chi connectivity index (χ0) is 18.8. The number of likely N-dealkylation sites (N-methyl/N-ethyl adjacent to an activating group) is 2. The third kappa shape index (κ3) is 6.47. The van der Waals surface area contributed by atoms with E-state index >= 15 is 0 Å². The summed E-state index contributed by atoms with van der Waals surface area (Å²) in [5.74, 6) is 1.68. The standard InChI is InChI=1S/C20H26N4O2/c1-23(21-15-17-5-9-19(25-3)10-6-17)13-14-24(2)22-16-18-7-11-20(26-4)12-8-18/h5-12,15-16H,13-14H2,1-4H3/b21-15-,22-16-. The Morgan fingerprint density at radius 2 is 1.04 bits per heavy atom. The van der Waals surface area contributed by atoms with Crippen molar-refractivity contribution in [2.45, 2.75) is 0 Å². The first-order valence-corrected chi connectivity index (χ1v) is 8.39. The minimum atomic E-state index is 0.767. The van der Waals surface area contributed by atoms with Gasteiger partial charge in [-0.2, -0.15) is 10.2 Å². The largest absolute Gasteiger partial charge is 0.497 e. The Morgan fingerprint density at radius 1 is 0.692 bits per heavy atom. The lowest BCUT2D eigenvalue weighted by molar-refractivity contribution is 0.272. The molecule has 0 fully saturated rings. The van der Waals surface area contributed by atoms with Crippen LogP contribution >= 0.6 is 0 Å². The molecule has 2 aromatic rings. The van der Waals surface area contributed by atoms with Crippen LogP contribution in [0.3, 0.4) is 0 Å². The van der Waals surface area contributed by atoms with Crippen molar-refractivity contribution in [3.8, 4) is 11.5 Å². The Kier molecular flexibility index (Phi) is 7.49. The fraction of sp³-hybridized carbons (Fsp3) is 0.300. The summed E-state index contributed by atoms with van der Waals surface area (Å²) in [7, 11) is 7.21. The van der Waals surface area contributed by atoms with Crippen molar-refractivity contribution < 1.29 is 9.47 Å². The molecule has 0 bridgehead atoms. The summed E-state index contributed by atoms with van der Waals surface area (Å²) in [6.45, 7) is 1.53. The van der Waals surface area contributed by atoms with E-state index in [9.17, 15) is 0 Å². The summed E-state index contributed by atoms with van der Waals surface area (Å²) in [6.07, 6.45) is 3.67. The molecule has 0 radical (unpaired) electrons. The Bertz CT molecular complexity index is 648. The Balaban J connectivity index is 1.77. The molecule has 0 aliphatic heterocycles. The van der Waals surface area contributed by atoms with E-state index in [1.165, 1.54) is 0 Å². The van der Waals surface area contributed by atoms with Gasteiger partial charge in [0.2, 0.25) is 0 Å². The van der Waals surface area contributed by atoms with Crippen molar-refractivity contribution in [3.63, 3.8) is 0 Å². The van der Waals surface area contributed by atoms with Gasteiger partial charge in [0.25, 0.3) is 0 Å². The molecule has 0 N–H and O–H groups in total. The Hall–Kier alpha value is -3.02. The molecular formula is C20H26N4O2. The molecule has 2 aromatic carbocycles. The predicted molar refractivity (Wildman–Crippen MR) is 106 cm³/mol. The maximum absolute atomic E-state index is 5.15. The first-order chi connectivity index (χ1) is 12.6. The number of methoxy groups -OCH3 is 2. The number of hydrogen-bond donors (Lipinski definition) is 0. The second kappa shape index (κ2) is 10.1. The number of hydrazone groups is 2. The third-order valence-corrected chi connectivity index (χ3v) is 3.79. The topological polar surface area (TPSA) is 49.7 Å². The molecule has 138 valence electrons. The molecule has 0 aliphatic rings. The summed E-state index contributed by atoms with van der Waals surface area (Å²) < 4.78 is 10.3. The van der Waals surface area contributed by atoms with Crippen molar-refractivity contribution in [2.75, 3.05) is 41.4 Å². The maximum Gasteiger partial charge on any atom is 0.118 e. The molecule has 0 unspecified atom stereocenters. The summed E-state index contributed by atoms with van der Waals surface area (Å²) in [4.78, 5) is 0. The fourth-order valence-electron chi connectivity index (χ4n) is 2.12. The van der Waals surface area contributed by atoms with Crippen LogP contribution in [0, 0.1) is 0 Å². The van der Waals surface area contributed by atoms with E-state index in [1.54, 1.807) is 14.2 Å². The lowest BCUT2D eigenvalue weighted by Crippen LogP contribution is -2.25. The van der Waals surface area contributed by atoms with E-state index in [0.717, 1.165) is 35.7 Å². The number of ether oxygens (including phenoxy) is 2. The lowest BCUT2D eigenvalue weighted by Gasteiger charge is -2.17. The van der Waals surface area contributed by atoms with E-state index in [0.29, 0.717) is 0 Å². The zero-order valence-electron chi connectivity index (χ0n) is 15.8. The fourth-order valence-corrected chi connectivity index (χ4v) is 2.12. The van der Waals surface area contributed by atoms with Crippen molar-refractivity contribution in [3.05, 3.63) is 59.7 Å². The smallest absolute Gasteiger partial charge is 0.118 e. The molecule has 26 heavy (non-hydrogen) atoms. The van der Waals surface area contributed by atoms with Crippen LogP contribution in [0.5, 0.6) is 11.5 Å². The second-order valence-corrected chi connectivity index (χ2v) is 5.80. The van der Waals surface area contributed by atoms with Gasteiger partial charge in [-0.25, -0.2) is 0 Å². The molecule has 6 heteroatoms. The van der Waals surface area contributed by atoms with E-state index < -0.39 is 0 Å². The molecule has 0 saturated heterocycles. The van der Waals surface area contributed by atoms with Crippen LogP contribution in [0.15, 0.2) is 58.7 Å². The van der Waals surface area contributed by atoms with Gasteiger partial charge in [0.15, 0.2) is 0 Å². The van der Waals surface area contributed by atoms with Gasteiger partial charge >= 0.3 is 0 Å².